The van der Waals surface area contributed by atoms with Gasteiger partial charge in [-0.15, -0.1) is 11.8 Å². The predicted molar refractivity (Wildman–Crippen MR) is 116 cm³/mol. The molecule has 6 heteroatoms. The molecule has 0 aliphatic heterocycles. The van der Waals surface area contributed by atoms with Crippen LogP contribution in [-0.4, -0.2) is 30.3 Å². The summed E-state index contributed by atoms with van der Waals surface area (Å²) in [6.45, 7) is 3.83. The molecule has 0 unspecified atom stereocenters. The maximum absolute atomic E-state index is 12.8. The number of furan rings is 1. The van der Waals surface area contributed by atoms with Crippen molar-refractivity contribution in [3.05, 3.63) is 83.3 Å². The smallest absolute Gasteiger partial charge is 0.290 e. The number of para-hydroxylation sites is 1. The molecule has 0 atom stereocenters. The van der Waals surface area contributed by atoms with E-state index < -0.39 is 0 Å². The Hall–Kier alpha value is -2.99. The van der Waals surface area contributed by atoms with E-state index in [-0.39, 0.29) is 24.1 Å². The monoisotopic (exact) mass is 408 g/mol. The number of anilines is 1. The van der Waals surface area contributed by atoms with Gasteiger partial charge in [-0.1, -0.05) is 36.4 Å². The van der Waals surface area contributed by atoms with Crippen LogP contribution in [0.3, 0.4) is 0 Å². The van der Waals surface area contributed by atoms with Gasteiger partial charge < -0.3 is 14.6 Å². The first-order valence-corrected chi connectivity index (χ1v) is 10.3. The molecule has 0 radical (unpaired) electrons. The Bertz CT molecular complexity index is 978. The van der Waals surface area contributed by atoms with E-state index in [4.69, 9.17) is 4.42 Å². The van der Waals surface area contributed by atoms with Crippen molar-refractivity contribution in [3.63, 3.8) is 0 Å². The summed E-state index contributed by atoms with van der Waals surface area (Å²) in [5.74, 6) is 0.334. The Morgan fingerprint density at radius 3 is 2.38 bits per heavy atom. The highest BCUT2D eigenvalue weighted by atomic mass is 32.2. The second-order valence-corrected chi connectivity index (χ2v) is 7.90. The second kappa shape index (κ2) is 9.47. The van der Waals surface area contributed by atoms with Crippen LogP contribution in [0.2, 0.25) is 0 Å². The molecule has 2 aromatic carbocycles. The molecule has 150 valence electrons. The number of rotatable bonds is 7. The molecule has 0 bridgehead atoms. The van der Waals surface area contributed by atoms with Crippen LogP contribution in [0.1, 0.15) is 27.2 Å². The summed E-state index contributed by atoms with van der Waals surface area (Å²) in [6.07, 6.45) is 1.51. The molecule has 2 amide bonds. The Balaban J connectivity index is 1.62. The van der Waals surface area contributed by atoms with Gasteiger partial charge in [0.15, 0.2) is 5.76 Å². The molecule has 0 saturated heterocycles. The number of benzene rings is 2. The number of thioether (sulfide) groups is 1. The highest BCUT2D eigenvalue weighted by molar-refractivity contribution is 7.98. The average Bonchev–Trinajstić information content (AvgIpc) is 3.18. The summed E-state index contributed by atoms with van der Waals surface area (Å²) in [5, 5.41) is 2.90. The van der Waals surface area contributed by atoms with Crippen LogP contribution in [0.25, 0.3) is 0 Å². The first-order chi connectivity index (χ1) is 14.0. The molecular formula is C23H24N2O3S. The van der Waals surface area contributed by atoms with E-state index in [0.29, 0.717) is 5.75 Å². The molecule has 0 fully saturated rings. The summed E-state index contributed by atoms with van der Waals surface area (Å²) < 4.78 is 5.44. The molecule has 1 aromatic heterocycles. The molecule has 5 nitrogen and oxygen atoms in total. The Kier molecular flexibility index (Phi) is 6.77. The number of amides is 2. The van der Waals surface area contributed by atoms with Gasteiger partial charge in [-0.2, -0.15) is 0 Å². The maximum Gasteiger partial charge on any atom is 0.290 e. The number of hydrogen-bond donors (Lipinski definition) is 1. The van der Waals surface area contributed by atoms with Crippen LogP contribution in [0.5, 0.6) is 0 Å². The normalized spacial score (nSPS) is 10.6. The van der Waals surface area contributed by atoms with Crippen molar-refractivity contribution in [2.75, 3.05) is 18.9 Å². The fourth-order valence-corrected chi connectivity index (χ4v) is 3.87. The minimum Gasteiger partial charge on any atom is -0.459 e. The zero-order chi connectivity index (χ0) is 20.8. The van der Waals surface area contributed by atoms with E-state index >= 15 is 0 Å². The second-order valence-electron chi connectivity index (χ2n) is 6.85. The molecule has 0 aliphatic carbocycles. The third-order valence-corrected chi connectivity index (χ3v) is 5.61. The molecule has 0 aliphatic rings. The number of nitrogens with zero attached hydrogens (tertiary/aromatic N) is 1. The summed E-state index contributed by atoms with van der Waals surface area (Å²) >= 11 is 1.63. The highest BCUT2D eigenvalue weighted by Crippen LogP contribution is 2.25. The number of nitrogens with one attached hydrogen (secondary N) is 1. The van der Waals surface area contributed by atoms with Gasteiger partial charge in [-0.05, 0) is 43.2 Å². The fraction of sp³-hybridized carbons (Fsp3) is 0.217. The number of aryl methyl sites for hydroxylation is 2. The van der Waals surface area contributed by atoms with Gasteiger partial charge in [0.2, 0.25) is 5.91 Å². The third-order valence-electron chi connectivity index (χ3n) is 4.55. The molecule has 1 N–H and O–H groups in total. The van der Waals surface area contributed by atoms with Crippen molar-refractivity contribution in [3.8, 4) is 0 Å². The van der Waals surface area contributed by atoms with Crippen molar-refractivity contribution < 1.29 is 14.0 Å². The quantitative estimate of drug-likeness (QED) is 0.565. The van der Waals surface area contributed by atoms with Crippen LogP contribution >= 0.6 is 11.8 Å². The van der Waals surface area contributed by atoms with Crippen LogP contribution in [-0.2, 0) is 10.5 Å². The van der Waals surface area contributed by atoms with Crippen molar-refractivity contribution >= 4 is 29.3 Å². The zero-order valence-corrected chi connectivity index (χ0v) is 17.6. The highest BCUT2D eigenvalue weighted by Gasteiger charge is 2.21. The fourth-order valence-electron chi connectivity index (χ4n) is 2.97. The van der Waals surface area contributed by atoms with Crippen molar-refractivity contribution in [2.24, 2.45) is 0 Å². The third kappa shape index (κ3) is 5.29. The van der Waals surface area contributed by atoms with E-state index in [1.165, 1.54) is 11.2 Å². The minimum absolute atomic E-state index is 0.0570. The van der Waals surface area contributed by atoms with Gasteiger partial charge in [0.1, 0.15) is 0 Å². The van der Waals surface area contributed by atoms with Crippen molar-refractivity contribution in [1.29, 1.82) is 0 Å². The lowest BCUT2D eigenvalue weighted by molar-refractivity contribution is -0.116. The van der Waals surface area contributed by atoms with Crippen LogP contribution in [0.15, 0.2) is 70.2 Å². The molecule has 3 aromatic rings. The van der Waals surface area contributed by atoms with E-state index in [1.807, 2.05) is 62.4 Å². The van der Waals surface area contributed by atoms with Gasteiger partial charge in [0.05, 0.1) is 12.8 Å². The Morgan fingerprint density at radius 1 is 1.00 bits per heavy atom. The van der Waals surface area contributed by atoms with Gasteiger partial charge in [-0.3, -0.25) is 9.59 Å². The standard InChI is InChI=1S/C23H24N2O3S/c1-16-8-7-9-17(2)21(16)24-20(26)14-25(3)23(27)22-18(12-13-28-22)15-29-19-10-5-4-6-11-19/h4-13H,14-15H2,1-3H3,(H,24,26). The van der Waals surface area contributed by atoms with Gasteiger partial charge in [-0.25, -0.2) is 0 Å². The predicted octanol–water partition coefficient (Wildman–Crippen LogP) is 4.90. The molecule has 3 rings (SSSR count). The van der Waals surface area contributed by atoms with Gasteiger partial charge in [0.25, 0.3) is 5.91 Å². The van der Waals surface area contributed by atoms with E-state index in [0.717, 1.165) is 27.3 Å². The van der Waals surface area contributed by atoms with E-state index in [1.54, 1.807) is 24.9 Å². The molecule has 0 spiro atoms. The largest absolute Gasteiger partial charge is 0.459 e. The van der Waals surface area contributed by atoms with Gasteiger partial charge >= 0.3 is 0 Å². The average molecular weight is 409 g/mol. The minimum atomic E-state index is -0.310. The summed E-state index contributed by atoms with van der Waals surface area (Å²) in [5.41, 5.74) is 3.57. The topological polar surface area (TPSA) is 62.6 Å². The number of carbonyl (C=O) groups excluding carboxylic acids is 2. The number of hydrogen-bond acceptors (Lipinski definition) is 4. The zero-order valence-electron chi connectivity index (χ0n) is 16.8. The van der Waals surface area contributed by atoms with E-state index in [2.05, 4.69) is 5.32 Å². The lowest BCUT2D eigenvalue weighted by atomic mass is 10.1. The lowest BCUT2D eigenvalue weighted by Crippen LogP contribution is -2.35. The summed E-state index contributed by atoms with van der Waals surface area (Å²) in [7, 11) is 1.60. The maximum atomic E-state index is 12.8. The SMILES string of the molecule is Cc1cccc(C)c1NC(=O)CN(C)C(=O)c1occc1CSc1ccccc1. The molecule has 0 saturated carbocycles. The van der Waals surface area contributed by atoms with Crippen LogP contribution in [0, 0.1) is 13.8 Å². The first-order valence-electron chi connectivity index (χ1n) is 9.31. The molecule has 1 heterocycles. The van der Waals surface area contributed by atoms with Crippen LogP contribution < -0.4 is 5.32 Å². The number of likely N-dealkylation sites (N-methyl/N-ethyl adjacent to an activating group) is 1. The molecular weight excluding hydrogens is 384 g/mol. The lowest BCUT2D eigenvalue weighted by Gasteiger charge is -2.17. The number of carbonyl (C=O) groups is 2. The molecule has 29 heavy (non-hydrogen) atoms. The first kappa shape index (κ1) is 20.7. The summed E-state index contributed by atoms with van der Waals surface area (Å²) in [4.78, 5) is 27.8. The van der Waals surface area contributed by atoms with E-state index in [9.17, 15) is 9.59 Å². The van der Waals surface area contributed by atoms with Crippen LogP contribution in [0.4, 0.5) is 5.69 Å². The van der Waals surface area contributed by atoms with Crippen molar-refractivity contribution in [2.45, 2.75) is 24.5 Å². The van der Waals surface area contributed by atoms with Gasteiger partial charge in [0, 0.05) is 28.9 Å². The van der Waals surface area contributed by atoms with Crippen molar-refractivity contribution in [1.82, 2.24) is 4.90 Å². The Morgan fingerprint density at radius 2 is 1.69 bits per heavy atom. The summed E-state index contributed by atoms with van der Waals surface area (Å²) in [6, 6.07) is 17.6. The Labute approximate surface area is 175 Å².